The Morgan fingerprint density at radius 3 is 2.11 bits per heavy atom. The minimum Gasteiger partial charge on any atom is -0.507 e. The molecule has 1 N–H and O–H groups in total. The smallest absolute Gasteiger partial charge is 0.230 e. The second kappa shape index (κ2) is 7.08. The molecule has 0 fully saturated rings. The highest BCUT2D eigenvalue weighted by Gasteiger charge is 2.26. The first kappa shape index (κ1) is 20.1. The monoisotopic (exact) mass is 377 g/mol. The number of nitrogens with zero attached hydrogens (tertiary/aromatic N) is 3. The number of phenols is 1. The van der Waals surface area contributed by atoms with E-state index >= 15 is 0 Å². The van der Waals surface area contributed by atoms with Crippen molar-refractivity contribution in [3.05, 3.63) is 53.1 Å². The van der Waals surface area contributed by atoms with Gasteiger partial charge in [-0.25, -0.2) is 9.98 Å². The van der Waals surface area contributed by atoms with Crippen LogP contribution in [0.5, 0.6) is 5.75 Å². The zero-order valence-electron chi connectivity index (χ0n) is 18.0. The fourth-order valence-corrected chi connectivity index (χ4v) is 3.48. The molecule has 0 unspecified atom stereocenters. The summed E-state index contributed by atoms with van der Waals surface area (Å²) in [6.45, 7) is 15.6. The molecule has 1 heterocycles. The van der Waals surface area contributed by atoms with E-state index in [9.17, 15) is 5.11 Å². The molecule has 0 amide bonds. The van der Waals surface area contributed by atoms with E-state index in [1.807, 2.05) is 36.5 Å². The molecular formula is C24H31N3O. The third-order valence-electron chi connectivity index (χ3n) is 5.03. The molecule has 28 heavy (non-hydrogen) atoms. The van der Waals surface area contributed by atoms with Crippen molar-refractivity contribution in [3.8, 4) is 5.75 Å². The van der Waals surface area contributed by atoms with Gasteiger partial charge < -0.3 is 9.67 Å². The van der Waals surface area contributed by atoms with E-state index in [1.165, 1.54) is 0 Å². The van der Waals surface area contributed by atoms with Crippen LogP contribution in [0.1, 0.15) is 65.2 Å². The van der Waals surface area contributed by atoms with Gasteiger partial charge in [-0.15, -0.1) is 0 Å². The second-order valence-corrected chi connectivity index (χ2v) is 9.37. The van der Waals surface area contributed by atoms with Gasteiger partial charge in [-0.1, -0.05) is 53.7 Å². The van der Waals surface area contributed by atoms with Gasteiger partial charge in [0.25, 0.3) is 0 Å². The molecule has 1 aromatic heterocycles. The summed E-state index contributed by atoms with van der Waals surface area (Å²) in [5.74, 6) is 1.09. The first-order valence-corrected chi connectivity index (χ1v) is 9.89. The maximum Gasteiger partial charge on any atom is 0.230 e. The first-order chi connectivity index (χ1) is 13.0. The predicted molar refractivity (Wildman–Crippen MR) is 118 cm³/mol. The summed E-state index contributed by atoms with van der Waals surface area (Å²) in [7, 11) is 0. The molecule has 0 aliphatic rings. The van der Waals surface area contributed by atoms with E-state index < -0.39 is 0 Å². The zero-order valence-corrected chi connectivity index (χ0v) is 18.0. The summed E-state index contributed by atoms with van der Waals surface area (Å²) in [4.78, 5) is 9.38. The third kappa shape index (κ3) is 3.82. The Kier molecular flexibility index (Phi) is 5.09. The Morgan fingerprint density at radius 1 is 1.00 bits per heavy atom. The number of aromatic nitrogens is 2. The molecule has 3 rings (SSSR count). The fraction of sp³-hybridized carbons (Fsp3) is 0.417. The highest BCUT2D eigenvalue weighted by atomic mass is 16.3. The highest BCUT2D eigenvalue weighted by Crippen LogP contribution is 2.39. The minimum absolute atomic E-state index is 0.162. The number of aliphatic imine (C=N–C) groups is 1. The van der Waals surface area contributed by atoms with Gasteiger partial charge in [0, 0.05) is 23.9 Å². The Hall–Kier alpha value is -2.62. The number of hydrogen-bond acceptors (Lipinski definition) is 3. The number of fused-ring (bicyclic) bond motifs is 1. The molecule has 3 aromatic rings. The van der Waals surface area contributed by atoms with Crippen LogP contribution in [0.3, 0.4) is 0 Å². The van der Waals surface area contributed by atoms with Crippen molar-refractivity contribution in [1.82, 2.24) is 9.55 Å². The van der Waals surface area contributed by atoms with Gasteiger partial charge >= 0.3 is 0 Å². The van der Waals surface area contributed by atoms with E-state index in [0.717, 1.165) is 34.3 Å². The topological polar surface area (TPSA) is 50.4 Å². The number of rotatable bonds is 3. The van der Waals surface area contributed by atoms with E-state index in [0.29, 0.717) is 11.7 Å². The molecule has 4 nitrogen and oxygen atoms in total. The lowest BCUT2D eigenvalue weighted by Gasteiger charge is -2.27. The normalized spacial score (nSPS) is 13.0. The van der Waals surface area contributed by atoms with E-state index in [-0.39, 0.29) is 10.8 Å². The van der Waals surface area contributed by atoms with Crippen molar-refractivity contribution in [2.75, 3.05) is 0 Å². The number of aromatic hydroxyl groups is 1. The first-order valence-electron chi connectivity index (χ1n) is 9.89. The lowest BCUT2D eigenvalue weighted by Crippen LogP contribution is -2.17. The Bertz CT molecular complexity index is 995. The second-order valence-electron chi connectivity index (χ2n) is 9.37. The minimum atomic E-state index is -0.162. The van der Waals surface area contributed by atoms with Crippen LogP contribution >= 0.6 is 0 Å². The van der Waals surface area contributed by atoms with Crippen LogP contribution in [0.4, 0.5) is 5.95 Å². The standard InChI is InChI=1S/C24H31N3O/c1-8-27-20-12-10-9-11-19(20)26-22(27)25-15-16-13-17(23(2,3)4)21(28)18(14-16)24(5,6)7/h9-15,28H,8H2,1-7H3. The molecule has 0 saturated heterocycles. The zero-order chi connectivity index (χ0) is 20.7. The molecule has 0 radical (unpaired) electrons. The number of hydrogen-bond donors (Lipinski definition) is 1. The fourth-order valence-electron chi connectivity index (χ4n) is 3.48. The third-order valence-corrected chi connectivity index (χ3v) is 5.03. The van der Waals surface area contributed by atoms with Gasteiger partial charge in [0.05, 0.1) is 11.0 Å². The van der Waals surface area contributed by atoms with Gasteiger partial charge in [0.15, 0.2) is 0 Å². The lowest BCUT2D eigenvalue weighted by atomic mass is 9.78. The Morgan fingerprint density at radius 2 is 1.57 bits per heavy atom. The van der Waals surface area contributed by atoms with Gasteiger partial charge in [0.2, 0.25) is 5.95 Å². The van der Waals surface area contributed by atoms with Crippen molar-refractivity contribution in [2.24, 2.45) is 4.99 Å². The van der Waals surface area contributed by atoms with Crippen LogP contribution in [0.25, 0.3) is 11.0 Å². The van der Waals surface area contributed by atoms with Crippen molar-refractivity contribution in [2.45, 2.75) is 65.8 Å². The van der Waals surface area contributed by atoms with Crippen molar-refractivity contribution in [3.63, 3.8) is 0 Å². The SMILES string of the molecule is CCn1c(N=Cc2cc(C(C)(C)C)c(O)c(C(C)(C)C)c2)nc2ccccc21. The maximum atomic E-state index is 10.9. The quantitative estimate of drug-likeness (QED) is 0.560. The molecular weight excluding hydrogens is 346 g/mol. The molecule has 0 atom stereocenters. The van der Waals surface area contributed by atoms with Crippen LogP contribution in [-0.2, 0) is 17.4 Å². The summed E-state index contributed by atoms with van der Waals surface area (Å²) in [6.07, 6.45) is 1.86. The van der Waals surface area contributed by atoms with Gasteiger partial charge in [-0.3, -0.25) is 0 Å². The molecule has 0 aliphatic carbocycles. The van der Waals surface area contributed by atoms with Gasteiger partial charge in [-0.05, 0) is 47.6 Å². The molecule has 4 heteroatoms. The van der Waals surface area contributed by atoms with Crippen LogP contribution in [0.2, 0.25) is 0 Å². The van der Waals surface area contributed by atoms with Gasteiger partial charge in [0.1, 0.15) is 5.75 Å². The average Bonchev–Trinajstić information content (AvgIpc) is 2.96. The number of benzene rings is 2. The van der Waals surface area contributed by atoms with E-state index in [1.54, 1.807) is 0 Å². The lowest BCUT2D eigenvalue weighted by molar-refractivity contribution is 0.423. The number of para-hydroxylation sites is 2. The number of imidazole rings is 1. The molecule has 0 spiro atoms. The summed E-state index contributed by atoms with van der Waals surface area (Å²) in [5, 5.41) is 10.9. The maximum absolute atomic E-state index is 10.9. The predicted octanol–water partition coefficient (Wildman–Crippen LogP) is 6.11. The van der Waals surface area contributed by atoms with E-state index in [4.69, 9.17) is 4.99 Å². The van der Waals surface area contributed by atoms with Crippen LogP contribution in [-0.4, -0.2) is 20.9 Å². The Labute approximate surface area is 168 Å². The molecule has 0 bridgehead atoms. The largest absolute Gasteiger partial charge is 0.507 e. The number of aryl methyl sites for hydroxylation is 1. The highest BCUT2D eigenvalue weighted by molar-refractivity contribution is 5.85. The Balaban J connectivity index is 2.12. The average molecular weight is 378 g/mol. The van der Waals surface area contributed by atoms with Crippen LogP contribution in [0.15, 0.2) is 41.4 Å². The molecule has 148 valence electrons. The van der Waals surface area contributed by atoms with Gasteiger partial charge in [-0.2, -0.15) is 0 Å². The molecule has 2 aromatic carbocycles. The van der Waals surface area contributed by atoms with Crippen LogP contribution in [0, 0.1) is 0 Å². The van der Waals surface area contributed by atoms with E-state index in [2.05, 4.69) is 64.1 Å². The van der Waals surface area contributed by atoms with Crippen molar-refractivity contribution in [1.29, 1.82) is 0 Å². The summed E-state index contributed by atoms with van der Waals surface area (Å²) in [6, 6.07) is 12.2. The molecule has 0 aliphatic heterocycles. The van der Waals surface area contributed by atoms with Crippen LogP contribution < -0.4 is 0 Å². The summed E-state index contributed by atoms with van der Waals surface area (Å²) >= 11 is 0. The van der Waals surface area contributed by atoms with Crippen molar-refractivity contribution < 1.29 is 5.11 Å². The van der Waals surface area contributed by atoms with Crippen molar-refractivity contribution >= 4 is 23.2 Å². The summed E-state index contributed by atoms with van der Waals surface area (Å²) in [5.41, 5.74) is 4.56. The molecule has 0 saturated carbocycles. The number of phenolic OH excluding ortho intramolecular Hbond substituents is 1. The summed E-state index contributed by atoms with van der Waals surface area (Å²) < 4.78 is 2.11.